The number of amides is 3. The maximum absolute atomic E-state index is 12.3. The van der Waals surface area contributed by atoms with Gasteiger partial charge in [-0.3, -0.25) is 14.4 Å². The molecule has 1 aromatic carbocycles. The lowest BCUT2D eigenvalue weighted by Crippen LogP contribution is -2.41. The van der Waals surface area contributed by atoms with Gasteiger partial charge in [-0.2, -0.15) is 0 Å². The second-order valence-electron chi connectivity index (χ2n) is 5.36. The van der Waals surface area contributed by atoms with Gasteiger partial charge >= 0.3 is 11.8 Å². The summed E-state index contributed by atoms with van der Waals surface area (Å²) in [5.41, 5.74) is 5.71. The van der Waals surface area contributed by atoms with E-state index in [0.717, 1.165) is 25.7 Å². The number of nitrogens with one attached hydrogen (secondary N) is 1. The maximum atomic E-state index is 12.3. The van der Waals surface area contributed by atoms with Gasteiger partial charge in [-0.05, 0) is 25.0 Å². The predicted octanol–water partition coefficient (Wildman–Crippen LogP) is 2.15. The summed E-state index contributed by atoms with van der Waals surface area (Å²) in [5.74, 6) is -1.97. The fourth-order valence-corrected chi connectivity index (χ4v) is 2.14. The van der Waals surface area contributed by atoms with Crippen LogP contribution in [-0.4, -0.2) is 35.7 Å². The molecule has 3 amide bonds. The van der Waals surface area contributed by atoms with E-state index in [0.29, 0.717) is 13.1 Å². The molecule has 6 heteroatoms. The fourth-order valence-electron chi connectivity index (χ4n) is 2.14. The second kappa shape index (κ2) is 9.61. The summed E-state index contributed by atoms with van der Waals surface area (Å²) in [6, 6.07) is 6.37. The van der Waals surface area contributed by atoms with Gasteiger partial charge in [-0.15, -0.1) is 0 Å². The number of anilines is 1. The molecule has 0 saturated heterocycles. The van der Waals surface area contributed by atoms with Crippen molar-refractivity contribution in [2.24, 2.45) is 5.73 Å². The molecule has 0 saturated carbocycles. The Kier molecular flexibility index (Phi) is 7.80. The molecule has 1 aromatic rings. The second-order valence-corrected chi connectivity index (χ2v) is 5.36. The van der Waals surface area contributed by atoms with E-state index >= 15 is 0 Å². The van der Waals surface area contributed by atoms with Crippen molar-refractivity contribution in [2.75, 3.05) is 18.4 Å². The fraction of sp³-hybridized carbons (Fsp3) is 0.471. The van der Waals surface area contributed by atoms with Crippen molar-refractivity contribution in [3.05, 3.63) is 29.8 Å². The number of nitrogens with two attached hydrogens (primary N) is 1. The van der Waals surface area contributed by atoms with Crippen LogP contribution >= 0.6 is 0 Å². The summed E-state index contributed by atoms with van der Waals surface area (Å²) in [5, 5.41) is 2.49. The Labute approximate surface area is 137 Å². The smallest absolute Gasteiger partial charge is 0.313 e. The Balaban J connectivity index is 2.81. The zero-order chi connectivity index (χ0) is 17.2. The van der Waals surface area contributed by atoms with Crippen LogP contribution in [0.25, 0.3) is 0 Å². The molecule has 0 heterocycles. The molecule has 3 N–H and O–H groups in total. The average molecular weight is 319 g/mol. The SMILES string of the molecule is CCCCN(CCCC)C(=O)C(=O)Nc1ccccc1C(N)=O. The van der Waals surface area contributed by atoms with Gasteiger partial charge < -0.3 is 16.0 Å². The minimum atomic E-state index is -0.745. The number of nitrogens with zero attached hydrogens (tertiary/aromatic N) is 1. The van der Waals surface area contributed by atoms with Crippen molar-refractivity contribution in [1.82, 2.24) is 4.90 Å². The Morgan fingerprint density at radius 3 is 2.13 bits per heavy atom. The molecule has 0 aliphatic carbocycles. The van der Waals surface area contributed by atoms with Crippen LogP contribution in [-0.2, 0) is 9.59 Å². The number of rotatable bonds is 8. The first-order valence-electron chi connectivity index (χ1n) is 8.00. The van der Waals surface area contributed by atoms with Gasteiger partial charge in [0.15, 0.2) is 0 Å². The highest BCUT2D eigenvalue weighted by atomic mass is 16.2. The predicted molar refractivity (Wildman–Crippen MR) is 90.0 cm³/mol. The summed E-state index contributed by atoms with van der Waals surface area (Å²) in [6.07, 6.45) is 3.59. The van der Waals surface area contributed by atoms with Crippen LogP contribution in [0.3, 0.4) is 0 Å². The van der Waals surface area contributed by atoms with Crippen molar-refractivity contribution in [3.8, 4) is 0 Å². The van der Waals surface area contributed by atoms with Crippen LogP contribution in [0.2, 0.25) is 0 Å². The lowest BCUT2D eigenvalue weighted by molar-refractivity contribution is -0.143. The number of benzene rings is 1. The summed E-state index contributed by atoms with van der Waals surface area (Å²) in [6.45, 7) is 5.18. The zero-order valence-corrected chi connectivity index (χ0v) is 13.8. The Bertz CT molecular complexity index is 550. The van der Waals surface area contributed by atoms with Crippen molar-refractivity contribution in [1.29, 1.82) is 0 Å². The molecule has 126 valence electrons. The van der Waals surface area contributed by atoms with E-state index in [1.165, 1.54) is 6.07 Å². The van der Waals surface area contributed by atoms with Gasteiger partial charge in [-0.1, -0.05) is 38.8 Å². The number of para-hydroxylation sites is 1. The van der Waals surface area contributed by atoms with Crippen LogP contribution in [0.5, 0.6) is 0 Å². The van der Waals surface area contributed by atoms with E-state index in [1.54, 1.807) is 23.1 Å². The number of unbranched alkanes of at least 4 members (excludes halogenated alkanes) is 2. The highest BCUT2D eigenvalue weighted by molar-refractivity contribution is 6.39. The monoisotopic (exact) mass is 319 g/mol. The topological polar surface area (TPSA) is 92.5 Å². The van der Waals surface area contributed by atoms with Gasteiger partial charge in [-0.25, -0.2) is 0 Å². The van der Waals surface area contributed by atoms with Crippen LogP contribution in [0, 0.1) is 0 Å². The largest absolute Gasteiger partial charge is 0.366 e. The molecule has 0 spiro atoms. The highest BCUT2D eigenvalue weighted by Gasteiger charge is 2.22. The van der Waals surface area contributed by atoms with E-state index in [9.17, 15) is 14.4 Å². The van der Waals surface area contributed by atoms with Crippen LogP contribution in [0.4, 0.5) is 5.69 Å². The summed E-state index contributed by atoms with van der Waals surface area (Å²) < 4.78 is 0. The summed E-state index contributed by atoms with van der Waals surface area (Å²) >= 11 is 0. The molecule has 0 radical (unpaired) electrons. The molecular weight excluding hydrogens is 294 g/mol. The normalized spacial score (nSPS) is 10.2. The molecule has 0 aliphatic heterocycles. The maximum Gasteiger partial charge on any atom is 0.313 e. The minimum Gasteiger partial charge on any atom is -0.366 e. The molecule has 0 aliphatic rings. The molecule has 0 fully saturated rings. The van der Waals surface area contributed by atoms with Crippen molar-refractivity contribution >= 4 is 23.4 Å². The molecule has 6 nitrogen and oxygen atoms in total. The lowest BCUT2D eigenvalue weighted by Gasteiger charge is -2.22. The third-order valence-corrected chi connectivity index (χ3v) is 3.49. The van der Waals surface area contributed by atoms with E-state index in [2.05, 4.69) is 5.32 Å². The number of primary amides is 1. The van der Waals surface area contributed by atoms with E-state index in [4.69, 9.17) is 5.73 Å². The standard InChI is InChI=1S/C17H25N3O3/c1-3-5-11-20(12-6-4-2)17(23)16(22)19-14-10-8-7-9-13(14)15(18)21/h7-10H,3-6,11-12H2,1-2H3,(H2,18,21)(H,19,22). The molecule has 0 unspecified atom stereocenters. The molecule has 1 rings (SSSR count). The molecule has 0 bridgehead atoms. The lowest BCUT2D eigenvalue weighted by atomic mass is 10.1. The van der Waals surface area contributed by atoms with Crippen molar-refractivity contribution in [3.63, 3.8) is 0 Å². The van der Waals surface area contributed by atoms with Gasteiger partial charge in [0, 0.05) is 13.1 Å². The first-order chi connectivity index (χ1) is 11.0. The van der Waals surface area contributed by atoms with Gasteiger partial charge in [0.25, 0.3) is 5.91 Å². The van der Waals surface area contributed by atoms with Crippen LogP contribution < -0.4 is 11.1 Å². The van der Waals surface area contributed by atoms with Gasteiger partial charge in [0.05, 0.1) is 11.3 Å². The Morgan fingerprint density at radius 2 is 1.61 bits per heavy atom. The molecule has 23 heavy (non-hydrogen) atoms. The highest BCUT2D eigenvalue weighted by Crippen LogP contribution is 2.14. The number of hydrogen-bond donors (Lipinski definition) is 2. The number of carbonyl (C=O) groups excluding carboxylic acids is 3. The third kappa shape index (κ3) is 5.73. The molecular formula is C17H25N3O3. The number of hydrogen-bond acceptors (Lipinski definition) is 3. The van der Waals surface area contributed by atoms with Crippen LogP contribution in [0.1, 0.15) is 49.9 Å². The third-order valence-electron chi connectivity index (χ3n) is 3.49. The van der Waals surface area contributed by atoms with Crippen molar-refractivity contribution < 1.29 is 14.4 Å². The van der Waals surface area contributed by atoms with Gasteiger partial charge in [0.2, 0.25) is 0 Å². The van der Waals surface area contributed by atoms with Crippen molar-refractivity contribution in [2.45, 2.75) is 39.5 Å². The first-order valence-corrected chi connectivity index (χ1v) is 8.00. The molecule has 0 atom stereocenters. The number of carbonyl (C=O) groups is 3. The first kappa shape index (κ1) is 18.7. The van der Waals surface area contributed by atoms with Crippen LogP contribution in [0.15, 0.2) is 24.3 Å². The molecule has 0 aromatic heterocycles. The summed E-state index contributed by atoms with van der Waals surface area (Å²) in [4.78, 5) is 37.5. The average Bonchev–Trinajstić information content (AvgIpc) is 2.54. The van der Waals surface area contributed by atoms with E-state index in [1.807, 2.05) is 13.8 Å². The Hall–Kier alpha value is -2.37. The van der Waals surface area contributed by atoms with E-state index in [-0.39, 0.29) is 11.3 Å². The zero-order valence-electron chi connectivity index (χ0n) is 13.8. The quantitative estimate of drug-likeness (QED) is 0.719. The van der Waals surface area contributed by atoms with E-state index < -0.39 is 17.7 Å². The Morgan fingerprint density at radius 1 is 1.04 bits per heavy atom. The van der Waals surface area contributed by atoms with Gasteiger partial charge in [0.1, 0.15) is 0 Å². The minimum absolute atomic E-state index is 0.183. The summed E-state index contributed by atoms with van der Waals surface area (Å²) in [7, 11) is 0.